The zero-order valence-electron chi connectivity index (χ0n) is 11.8. The van der Waals surface area contributed by atoms with Crippen LogP contribution in [0.5, 0.6) is 0 Å². The van der Waals surface area contributed by atoms with Gasteiger partial charge in [-0.3, -0.25) is 4.79 Å². The largest absolute Gasteiger partial charge is 0.350 e. The van der Waals surface area contributed by atoms with Crippen LogP contribution in [0.25, 0.3) is 0 Å². The summed E-state index contributed by atoms with van der Waals surface area (Å²) in [6.07, 6.45) is 2.37. The minimum absolute atomic E-state index is 0.125. The lowest BCUT2D eigenvalue weighted by atomic mass is 9.77. The molecule has 0 bridgehead atoms. The van der Waals surface area contributed by atoms with E-state index in [0.717, 1.165) is 11.0 Å². The lowest BCUT2D eigenvalue weighted by Crippen LogP contribution is -2.52. The van der Waals surface area contributed by atoms with Gasteiger partial charge in [-0.15, -0.1) is 0 Å². The fraction of sp³-hybridized carbons (Fsp3) is 0.533. The lowest BCUT2D eigenvalue weighted by Gasteiger charge is -2.39. The Morgan fingerprint density at radius 2 is 2.30 bits per heavy atom. The van der Waals surface area contributed by atoms with Crippen molar-refractivity contribution < 1.29 is 4.79 Å². The van der Waals surface area contributed by atoms with E-state index in [1.54, 1.807) is 6.07 Å². The number of hydrogen-bond acceptors (Lipinski definition) is 2. The summed E-state index contributed by atoms with van der Waals surface area (Å²) in [4.78, 5) is 12.2. The third-order valence-electron chi connectivity index (χ3n) is 3.99. The van der Waals surface area contributed by atoms with E-state index in [0.29, 0.717) is 23.2 Å². The average Bonchev–Trinajstić information content (AvgIpc) is 2.40. The van der Waals surface area contributed by atoms with Gasteiger partial charge >= 0.3 is 0 Å². The Kier molecular flexibility index (Phi) is 5.10. The van der Waals surface area contributed by atoms with E-state index < -0.39 is 0 Å². The summed E-state index contributed by atoms with van der Waals surface area (Å²) in [7, 11) is 0. The minimum Gasteiger partial charge on any atom is -0.350 e. The smallest absolute Gasteiger partial charge is 0.252 e. The highest BCUT2D eigenvalue weighted by Gasteiger charge is 2.32. The number of halogens is 2. The number of carbonyl (C=O) groups excluding carboxylic acids is 1. The third-order valence-corrected chi connectivity index (χ3v) is 5.29. The first-order valence-corrected chi connectivity index (χ1v) is 8.04. The van der Waals surface area contributed by atoms with E-state index in [2.05, 4.69) is 40.4 Å². The molecule has 1 fully saturated rings. The number of nitrogens with one attached hydrogen (secondary N) is 2. The molecular weight excluding hydrogens is 340 g/mol. The maximum Gasteiger partial charge on any atom is 0.252 e. The molecule has 1 saturated heterocycles. The quantitative estimate of drug-likeness (QED) is 0.865. The molecule has 1 aliphatic heterocycles. The fourth-order valence-corrected chi connectivity index (χ4v) is 3.17. The summed E-state index contributed by atoms with van der Waals surface area (Å²) in [6.45, 7) is 6.11. The molecule has 5 heteroatoms. The second-order valence-electron chi connectivity index (χ2n) is 5.91. The van der Waals surface area contributed by atoms with Gasteiger partial charge in [0.05, 0.1) is 10.6 Å². The predicted molar refractivity (Wildman–Crippen MR) is 86.3 cm³/mol. The van der Waals surface area contributed by atoms with Crippen molar-refractivity contribution in [3.8, 4) is 0 Å². The van der Waals surface area contributed by atoms with Gasteiger partial charge in [0.25, 0.3) is 5.91 Å². The molecule has 1 aromatic rings. The van der Waals surface area contributed by atoms with Gasteiger partial charge in [0.1, 0.15) is 0 Å². The molecule has 1 heterocycles. The Morgan fingerprint density at radius 1 is 1.55 bits per heavy atom. The highest BCUT2D eigenvalue weighted by Crippen LogP contribution is 2.30. The molecule has 0 aliphatic carbocycles. The van der Waals surface area contributed by atoms with E-state index in [1.807, 2.05) is 12.1 Å². The molecule has 3 nitrogen and oxygen atoms in total. The molecule has 1 aromatic carbocycles. The molecule has 0 spiro atoms. The summed E-state index contributed by atoms with van der Waals surface area (Å²) in [5, 5.41) is 6.93. The monoisotopic (exact) mass is 358 g/mol. The molecule has 110 valence electrons. The zero-order chi connectivity index (χ0) is 14.8. The van der Waals surface area contributed by atoms with E-state index in [-0.39, 0.29) is 11.3 Å². The number of piperidine rings is 1. The van der Waals surface area contributed by atoms with Gasteiger partial charge in [-0.25, -0.2) is 0 Å². The molecule has 1 unspecified atom stereocenters. The van der Waals surface area contributed by atoms with Crippen molar-refractivity contribution in [3.63, 3.8) is 0 Å². The third kappa shape index (κ3) is 3.54. The van der Waals surface area contributed by atoms with Gasteiger partial charge in [0.15, 0.2) is 0 Å². The van der Waals surface area contributed by atoms with Gasteiger partial charge in [0.2, 0.25) is 0 Å². The molecule has 20 heavy (non-hydrogen) atoms. The summed E-state index contributed by atoms with van der Waals surface area (Å²) >= 11 is 9.48. The van der Waals surface area contributed by atoms with E-state index in [4.69, 9.17) is 11.6 Å². The number of hydrogen-bond donors (Lipinski definition) is 2. The molecular formula is C15H20BrClN2O. The van der Waals surface area contributed by atoms with Crippen LogP contribution in [-0.4, -0.2) is 25.0 Å². The summed E-state index contributed by atoms with van der Waals surface area (Å²) < 4.78 is 0.739. The van der Waals surface area contributed by atoms with E-state index in [9.17, 15) is 4.79 Å². The molecule has 0 saturated carbocycles. The number of amides is 1. The SMILES string of the molecule is CC1(C)CCCNC1CNC(=O)c1cccc(Br)c1Cl. The van der Waals surface area contributed by atoms with Crippen LogP contribution < -0.4 is 10.6 Å². The van der Waals surface area contributed by atoms with Crippen LogP contribution in [0.3, 0.4) is 0 Å². The van der Waals surface area contributed by atoms with Crippen molar-refractivity contribution in [1.29, 1.82) is 0 Å². The predicted octanol–water partition coefficient (Wildman–Crippen LogP) is 3.61. The van der Waals surface area contributed by atoms with Gasteiger partial charge in [0, 0.05) is 17.1 Å². The molecule has 0 radical (unpaired) electrons. The van der Waals surface area contributed by atoms with Crippen molar-refractivity contribution in [2.45, 2.75) is 32.7 Å². The minimum atomic E-state index is -0.125. The molecule has 0 aromatic heterocycles. The van der Waals surface area contributed by atoms with Crippen molar-refractivity contribution in [2.75, 3.05) is 13.1 Å². The van der Waals surface area contributed by atoms with Crippen LogP contribution >= 0.6 is 27.5 Å². The fourth-order valence-electron chi connectivity index (χ4n) is 2.59. The highest BCUT2D eigenvalue weighted by molar-refractivity contribution is 9.10. The van der Waals surface area contributed by atoms with Gasteiger partial charge in [-0.2, -0.15) is 0 Å². The standard InChI is InChI=1S/C15H20BrClN2O/c1-15(2)7-4-8-18-12(15)9-19-14(20)10-5-3-6-11(16)13(10)17/h3,5-6,12,18H,4,7-9H2,1-2H3,(H,19,20). The summed E-state index contributed by atoms with van der Waals surface area (Å²) in [5.74, 6) is -0.125. The normalized spacial score (nSPS) is 21.5. The van der Waals surface area contributed by atoms with Crippen molar-refractivity contribution in [1.82, 2.24) is 10.6 Å². The molecule has 1 atom stereocenters. The van der Waals surface area contributed by atoms with E-state index in [1.165, 1.54) is 12.8 Å². The lowest BCUT2D eigenvalue weighted by molar-refractivity contribution is 0.0929. The Bertz CT molecular complexity index is 505. The second-order valence-corrected chi connectivity index (χ2v) is 7.14. The Labute approximate surface area is 133 Å². The number of rotatable bonds is 3. The van der Waals surface area contributed by atoms with Crippen LogP contribution in [0, 0.1) is 5.41 Å². The van der Waals surface area contributed by atoms with Crippen molar-refractivity contribution in [3.05, 3.63) is 33.3 Å². The maximum atomic E-state index is 12.2. The highest BCUT2D eigenvalue weighted by atomic mass is 79.9. The summed E-state index contributed by atoms with van der Waals surface area (Å²) in [6, 6.07) is 5.67. The van der Waals surface area contributed by atoms with E-state index >= 15 is 0 Å². The topological polar surface area (TPSA) is 41.1 Å². The van der Waals surface area contributed by atoms with Crippen molar-refractivity contribution in [2.24, 2.45) is 5.41 Å². The second kappa shape index (κ2) is 6.46. The Balaban J connectivity index is 2.00. The van der Waals surface area contributed by atoms with Gasteiger partial charge < -0.3 is 10.6 Å². The first-order chi connectivity index (χ1) is 9.42. The summed E-state index contributed by atoms with van der Waals surface area (Å²) in [5.41, 5.74) is 0.710. The molecule has 1 amide bonds. The van der Waals surface area contributed by atoms with Crippen LogP contribution in [0.15, 0.2) is 22.7 Å². The molecule has 1 aliphatic rings. The first kappa shape index (κ1) is 15.8. The van der Waals surface area contributed by atoms with Crippen LogP contribution in [0.1, 0.15) is 37.0 Å². The number of carbonyl (C=O) groups is 1. The number of benzene rings is 1. The average molecular weight is 360 g/mol. The maximum absolute atomic E-state index is 12.2. The van der Waals surface area contributed by atoms with Crippen LogP contribution in [-0.2, 0) is 0 Å². The molecule has 2 N–H and O–H groups in total. The molecule has 2 rings (SSSR count). The Hall–Kier alpha value is -0.580. The van der Waals surface area contributed by atoms with Gasteiger partial charge in [-0.05, 0) is 52.9 Å². The van der Waals surface area contributed by atoms with Crippen molar-refractivity contribution >= 4 is 33.4 Å². The van der Waals surface area contributed by atoms with Gasteiger partial charge in [-0.1, -0.05) is 31.5 Å². The van der Waals surface area contributed by atoms with Crippen LogP contribution in [0.2, 0.25) is 5.02 Å². The van der Waals surface area contributed by atoms with Crippen LogP contribution in [0.4, 0.5) is 0 Å². The Morgan fingerprint density at radius 3 is 3.00 bits per heavy atom. The first-order valence-electron chi connectivity index (χ1n) is 6.87. The zero-order valence-corrected chi connectivity index (χ0v) is 14.1.